The highest BCUT2D eigenvalue weighted by Crippen LogP contribution is 2.19. The van der Waals surface area contributed by atoms with Crippen LogP contribution in [0.2, 0.25) is 0 Å². The number of esters is 1. The first-order valence-electron chi connectivity index (χ1n) is 9.11. The Morgan fingerprint density at radius 2 is 1.93 bits per heavy atom. The minimum Gasteiger partial charge on any atom is -0.427 e. The van der Waals surface area contributed by atoms with Crippen molar-refractivity contribution in [3.8, 4) is 5.75 Å². The predicted molar refractivity (Wildman–Crippen MR) is 103 cm³/mol. The molecule has 0 bridgehead atoms. The lowest BCUT2D eigenvalue weighted by Gasteiger charge is -2.14. The van der Waals surface area contributed by atoms with Crippen molar-refractivity contribution < 1.29 is 23.9 Å². The van der Waals surface area contributed by atoms with Crippen LogP contribution in [0.25, 0.3) is 0 Å². The summed E-state index contributed by atoms with van der Waals surface area (Å²) in [7, 11) is 0. The van der Waals surface area contributed by atoms with Crippen molar-refractivity contribution in [3.05, 3.63) is 59.7 Å². The van der Waals surface area contributed by atoms with Crippen molar-refractivity contribution in [3.63, 3.8) is 0 Å². The van der Waals surface area contributed by atoms with Crippen LogP contribution in [0.1, 0.15) is 40.5 Å². The van der Waals surface area contributed by atoms with Gasteiger partial charge in [0.15, 0.2) is 0 Å². The van der Waals surface area contributed by atoms with Gasteiger partial charge in [0.2, 0.25) is 0 Å². The van der Waals surface area contributed by atoms with Crippen LogP contribution < -0.4 is 15.4 Å². The monoisotopic (exact) mass is 382 g/mol. The number of para-hydroxylation sites is 1. The van der Waals surface area contributed by atoms with E-state index in [-0.39, 0.29) is 17.8 Å². The van der Waals surface area contributed by atoms with Crippen LogP contribution in [0, 0.1) is 0 Å². The maximum Gasteiger partial charge on any atom is 0.308 e. The summed E-state index contributed by atoms with van der Waals surface area (Å²) in [5, 5.41) is 5.60. The second-order valence-electron chi connectivity index (χ2n) is 6.47. The van der Waals surface area contributed by atoms with E-state index in [1.807, 2.05) is 0 Å². The largest absolute Gasteiger partial charge is 0.427 e. The van der Waals surface area contributed by atoms with Crippen molar-refractivity contribution in [2.75, 3.05) is 18.5 Å². The first-order valence-corrected chi connectivity index (χ1v) is 9.11. The van der Waals surface area contributed by atoms with Gasteiger partial charge in [0, 0.05) is 25.6 Å². The molecule has 1 unspecified atom stereocenters. The maximum atomic E-state index is 12.6. The third kappa shape index (κ3) is 5.17. The van der Waals surface area contributed by atoms with E-state index in [2.05, 4.69) is 10.6 Å². The molecule has 1 heterocycles. The molecule has 7 nitrogen and oxygen atoms in total. The van der Waals surface area contributed by atoms with Gasteiger partial charge in [-0.3, -0.25) is 14.4 Å². The average Bonchev–Trinajstić information content (AvgIpc) is 3.20. The highest BCUT2D eigenvalue weighted by atomic mass is 16.5. The van der Waals surface area contributed by atoms with E-state index in [0.29, 0.717) is 23.4 Å². The fourth-order valence-electron chi connectivity index (χ4n) is 2.96. The number of rotatable bonds is 6. The molecule has 1 saturated heterocycles. The van der Waals surface area contributed by atoms with Gasteiger partial charge in [-0.1, -0.05) is 18.2 Å². The van der Waals surface area contributed by atoms with Crippen LogP contribution in [0.4, 0.5) is 5.69 Å². The van der Waals surface area contributed by atoms with E-state index in [9.17, 15) is 14.4 Å². The number of hydrogen-bond donors (Lipinski definition) is 2. The molecule has 1 aliphatic rings. The second kappa shape index (κ2) is 9.14. The number of benzene rings is 2. The summed E-state index contributed by atoms with van der Waals surface area (Å²) < 4.78 is 10.5. The molecule has 0 spiro atoms. The van der Waals surface area contributed by atoms with Crippen LogP contribution in [-0.2, 0) is 9.53 Å². The number of ether oxygens (including phenoxy) is 2. The van der Waals surface area contributed by atoms with Gasteiger partial charge in [-0.2, -0.15) is 0 Å². The lowest BCUT2D eigenvalue weighted by Crippen LogP contribution is -2.32. The molecule has 0 saturated carbocycles. The van der Waals surface area contributed by atoms with Gasteiger partial charge in [0.25, 0.3) is 11.8 Å². The van der Waals surface area contributed by atoms with Crippen LogP contribution in [0.5, 0.6) is 5.75 Å². The number of carbonyl (C=O) groups excluding carboxylic acids is 3. The molecule has 2 aromatic rings. The number of amides is 2. The zero-order valence-electron chi connectivity index (χ0n) is 15.6. The smallest absolute Gasteiger partial charge is 0.308 e. The van der Waals surface area contributed by atoms with E-state index < -0.39 is 11.9 Å². The maximum absolute atomic E-state index is 12.6. The fraction of sp³-hybridized carbons (Fsp3) is 0.286. The standard InChI is InChI=1S/C21H22N2O5/c1-14(24)28-16-7-4-6-15(12-16)20(25)23-19-10-3-2-9-18(19)21(26)22-13-17-8-5-11-27-17/h2-4,6-7,9-10,12,17H,5,8,11,13H2,1H3,(H,22,26)(H,23,25). The predicted octanol–water partition coefficient (Wildman–Crippen LogP) is 2.77. The Morgan fingerprint density at radius 1 is 1.11 bits per heavy atom. The number of carbonyl (C=O) groups is 3. The van der Waals surface area contributed by atoms with Gasteiger partial charge in [-0.05, 0) is 43.2 Å². The van der Waals surface area contributed by atoms with Gasteiger partial charge < -0.3 is 20.1 Å². The Morgan fingerprint density at radius 3 is 2.68 bits per heavy atom. The molecule has 28 heavy (non-hydrogen) atoms. The molecule has 7 heteroatoms. The summed E-state index contributed by atoms with van der Waals surface area (Å²) in [4.78, 5) is 36.2. The number of nitrogens with one attached hydrogen (secondary N) is 2. The van der Waals surface area contributed by atoms with Crippen LogP contribution in [-0.4, -0.2) is 37.0 Å². The molecule has 3 rings (SSSR count). The Balaban J connectivity index is 1.69. The topological polar surface area (TPSA) is 93.7 Å². The van der Waals surface area contributed by atoms with Crippen LogP contribution in [0.3, 0.4) is 0 Å². The Labute approximate surface area is 163 Å². The minimum atomic E-state index is -0.467. The summed E-state index contributed by atoms with van der Waals surface area (Å²) in [6.07, 6.45) is 1.96. The Bertz CT molecular complexity index is 875. The molecule has 146 valence electrons. The molecular formula is C21H22N2O5. The van der Waals surface area contributed by atoms with Crippen LogP contribution >= 0.6 is 0 Å². The highest BCUT2D eigenvalue weighted by molar-refractivity contribution is 6.09. The van der Waals surface area contributed by atoms with E-state index in [0.717, 1.165) is 19.4 Å². The molecule has 0 radical (unpaired) electrons. The normalized spacial score (nSPS) is 15.7. The lowest BCUT2D eigenvalue weighted by molar-refractivity contribution is -0.131. The fourth-order valence-corrected chi connectivity index (χ4v) is 2.96. The molecule has 0 aliphatic carbocycles. The molecule has 2 N–H and O–H groups in total. The summed E-state index contributed by atoms with van der Waals surface area (Å²) in [6, 6.07) is 13.1. The van der Waals surface area contributed by atoms with Gasteiger partial charge >= 0.3 is 5.97 Å². The molecule has 1 atom stereocenters. The van der Waals surface area contributed by atoms with Crippen molar-refractivity contribution >= 4 is 23.5 Å². The molecule has 0 aromatic heterocycles. The summed E-state index contributed by atoms with van der Waals surface area (Å²) in [5.74, 6) is -0.873. The lowest BCUT2D eigenvalue weighted by atomic mass is 10.1. The van der Waals surface area contributed by atoms with E-state index >= 15 is 0 Å². The van der Waals surface area contributed by atoms with Crippen molar-refractivity contribution in [2.45, 2.75) is 25.9 Å². The quantitative estimate of drug-likeness (QED) is 0.592. The molecule has 1 fully saturated rings. The van der Waals surface area contributed by atoms with Crippen molar-refractivity contribution in [2.24, 2.45) is 0 Å². The van der Waals surface area contributed by atoms with E-state index in [1.165, 1.54) is 13.0 Å². The van der Waals surface area contributed by atoms with Gasteiger partial charge in [0.1, 0.15) is 5.75 Å². The first kappa shape index (κ1) is 19.6. The third-order valence-corrected chi connectivity index (χ3v) is 4.29. The van der Waals surface area contributed by atoms with Gasteiger partial charge in [0.05, 0.1) is 17.4 Å². The SMILES string of the molecule is CC(=O)Oc1cccc(C(=O)Nc2ccccc2C(=O)NCC2CCCO2)c1. The Kier molecular flexibility index (Phi) is 6.39. The first-order chi connectivity index (χ1) is 13.5. The van der Waals surface area contributed by atoms with Gasteiger partial charge in [-0.25, -0.2) is 0 Å². The summed E-state index contributed by atoms with van der Waals surface area (Å²) in [5.41, 5.74) is 1.08. The van der Waals surface area contributed by atoms with Gasteiger partial charge in [-0.15, -0.1) is 0 Å². The number of hydrogen-bond acceptors (Lipinski definition) is 5. The van der Waals surface area contributed by atoms with Crippen molar-refractivity contribution in [1.82, 2.24) is 5.32 Å². The zero-order valence-corrected chi connectivity index (χ0v) is 15.6. The van der Waals surface area contributed by atoms with E-state index in [1.54, 1.807) is 42.5 Å². The molecule has 1 aliphatic heterocycles. The minimum absolute atomic E-state index is 0.0368. The molecular weight excluding hydrogens is 360 g/mol. The summed E-state index contributed by atoms with van der Waals surface area (Å²) in [6.45, 7) is 2.45. The molecule has 2 aromatic carbocycles. The Hall–Kier alpha value is -3.19. The van der Waals surface area contributed by atoms with E-state index in [4.69, 9.17) is 9.47 Å². The van der Waals surface area contributed by atoms with Crippen molar-refractivity contribution in [1.29, 1.82) is 0 Å². The summed E-state index contributed by atoms with van der Waals surface area (Å²) >= 11 is 0. The highest BCUT2D eigenvalue weighted by Gasteiger charge is 2.19. The number of anilines is 1. The average molecular weight is 382 g/mol. The van der Waals surface area contributed by atoms with Crippen LogP contribution in [0.15, 0.2) is 48.5 Å². The molecule has 2 amide bonds. The third-order valence-electron chi connectivity index (χ3n) is 4.29. The second-order valence-corrected chi connectivity index (χ2v) is 6.47. The zero-order chi connectivity index (χ0) is 19.9.